The van der Waals surface area contributed by atoms with Gasteiger partial charge in [0.2, 0.25) is 0 Å². The van der Waals surface area contributed by atoms with E-state index < -0.39 is 17.7 Å². The predicted octanol–water partition coefficient (Wildman–Crippen LogP) is 6.02. The van der Waals surface area contributed by atoms with Crippen LogP contribution in [0.25, 0.3) is 11.6 Å². The minimum atomic E-state index is -0.637. The monoisotopic (exact) mass is 459 g/mol. The van der Waals surface area contributed by atoms with E-state index in [1.807, 2.05) is 17.9 Å². The lowest BCUT2D eigenvalue weighted by molar-refractivity contribution is 0.384. The second-order valence-corrected chi connectivity index (χ2v) is 8.96. The highest BCUT2D eigenvalue weighted by molar-refractivity contribution is 6.31. The Kier molecular flexibility index (Phi) is 5.80. The van der Waals surface area contributed by atoms with E-state index in [0.717, 1.165) is 55.0 Å². The molecule has 1 atom stereocenters. The zero-order chi connectivity index (χ0) is 22.2. The first-order valence-corrected chi connectivity index (χ1v) is 11.5. The number of aromatic nitrogens is 4. The second-order valence-electron chi connectivity index (χ2n) is 8.58. The minimum Gasteiger partial charge on any atom is -0.363 e. The fourth-order valence-corrected chi connectivity index (χ4v) is 5.14. The van der Waals surface area contributed by atoms with Gasteiger partial charge in [-0.3, -0.25) is 0 Å². The first-order chi connectivity index (χ1) is 15.5. The van der Waals surface area contributed by atoms with Crippen LogP contribution in [0.15, 0.2) is 22.7 Å². The zero-order valence-corrected chi connectivity index (χ0v) is 18.6. The van der Waals surface area contributed by atoms with Crippen molar-refractivity contribution < 1.29 is 13.3 Å². The molecule has 9 heteroatoms. The smallest absolute Gasteiger partial charge is 0.278 e. The van der Waals surface area contributed by atoms with E-state index in [1.54, 1.807) is 0 Å². The summed E-state index contributed by atoms with van der Waals surface area (Å²) in [6, 6.07) is 3.51. The Bertz CT molecular complexity index is 1130. The number of aryl methyl sites for hydroxylation is 1. The molecule has 3 aromatic rings. The number of nitrogens with zero attached hydrogens (tertiary/aromatic N) is 5. The van der Waals surface area contributed by atoms with Gasteiger partial charge in [-0.25, -0.2) is 8.78 Å². The van der Waals surface area contributed by atoms with Gasteiger partial charge in [-0.15, -0.1) is 5.10 Å². The largest absolute Gasteiger partial charge is 0.363 e. The Morgan fingerprint density at radius 1 is 1.09 bits per heavy atom. The summed E-state index contributed by atoms with van der Waals surface area (Å²) in [6.45, 7) is 2.47. The van der Waals surface area contributed by atoms with Gasteiger partial charge in [-0.2, -0.15) is 10.1 Å². The summed E-state index contributed by atoms with van der Waals surface area (Å²) in [5.41, 5.74) is 2.20. The van der Waals surface area contributed by atoms with E-state index in [1.165, 1.54) is 19.3 Å². The van der Waals surface area contributed by atoms with Crippen LogP contribution in [0.5, 0.6) is 0 Å². The summed E-state index contributed by atoms with van der Waals surface area (Å²) >= 11 is 6.14. The summed E-state index contributed by atoms with van der Waals surface area (Å²) in [6.07, 6.45) is 7.33. The van der Waals surface area contributed by atoms with E-state index in [9.17, 15) is 8.78 Å². The third-order valence-electron chi connectivity index (χ3n) is 6.57. The maximum absolute atomic E-state index is 14.6. The molecule has 6 nitrogen and oxygen atoms in total. The lowest BCUT2D eigenvalue weighted by atomic mass is 9.89. The summed E-state index contributed by atoms with van der Waals surface area (Å²) in [4.78, 5) is 6.58. The van der Waals surface area contributed by atoms with Gasteiger partial charge in [0, 0.05) is 18.0 Å². The second kappa shape index (κ2) is 8.73. The molecular formula is C23H24ClF2N5O. The molecule has 1 aromatic carbocycles. The molecule has 3 heterocycles. The maximum atomic E-state index is 14.6. The van der Waals surface area contributed by atoms with Crippen molar-refractivity contribution in [1.82, 2.24) is 20.3 Å². The molecule has 168 valence electrons. The molecule has 0 amide bonds. The van der Waals surface area contributed by atoms with E-state index in [-0.39, 0.29) is 10.6 Å². The number of hydrogen-bond acceptors (Lipinski definition) is 6. The average molecular weight is 460 g/mol. The molecule has 1 fully saturated rings. The highest BCUT2D eigenvalue weighted by Crippen LogP contribution is 2.39. The molecule has 32 heavy (non-hydrogen) atoms. The van der Waals surface area contributed by atoms with Gasteiger partial charge >= 0.3 is 0 Å². The van der Waals surface area contributed by atoms with E-state index in [4.69, 9.17) is 16.1 Å². The van der Waals surface area contributed by atoms with Crippen molar-refractivity contribution in [3.8, 4) is 11.6 Å². The van der Waals surface area contributed by atoms with Crippen molar-refractivity contribution in [2.75, 3.05) is 11.4 Å². The van der Waals surface area contributed by atoms with Gasteiger partial charge in [0.25, 0.3) is 5.89 Å². The zero-order valence-electron chi connectivity index (χ0n) is 17.8. The van der Waals surface area contributed by atoms with Crippen LogP contribution in [-0.4, -0.2) is 26.9 Å². The summed E-state index contributed by atoms with van der Waals surface area (Å²) in [5.74, 6) is 0.197. The topological polar surface area (TPSA) is 67.9 Å². The molecule has 0 spiro atoms. The van der Waals surface area contributed by atoms with Crippen LogP contribution in [0.1, 0.15) is 74.5 Å². The van der Waals surface area contributed by atoms with Gasteiger partial charge in [0.05, 0.1) is 22.4 Å². The van der Waals surface area contributed by atoms with E-state index in [2.05, 4.69) is 20.3 Å². The van der Waals surface area contributed by atoms with E-state index >= 15 is 0 Å². The van der Waals surface area contributed by atoms with Crippen molar-refractivity contribution in [3.05, 3.63) is 51.9 Å². The van der Waals surface area contributed by atoms with Gasteiger partial charge in [0.1, 0.15) is 11.6 Å². The van der Waals surface area contributed by atoms with Crippen LogP contribution in [0, 0.1) is 11.6 Å². The Balaban J connectivity index is 1.48. The lowest BCUT2D eigenvalue weighted by Gasteiger charge is -2.36. The molecule has 1 saturated carbocycles. The fourth-order valence-electron chi connectivity index (χ4n) is 4.83. The number of anilines is 1. The van der Waals surface area contributed by atoms with Crippen LogP contribution in [-0.2, 0) is 6.42 Å². The highest BCUT2D eigenvalue weighted by atomic mass is 35.5. The summed E-state index contributed by atoms with van der Waals surface area (Å²) in [5, 5.41) is 12.7. The highest BCUT2D eigenvalue weighted by Gasteiger charge is 2.29. The standard InChI is InChI=1S/C23H24ClF2N5O/c1-13(20-15(25)9-10-16(26)21(20)24)31-11-5-8-17-19(31)12-18(29-28-17)23-27-22(30-32-23)14-6-3-2-4-7-14/h9-10,12-14H,2-8,11H2,1H3. The molecule has 0 radical (unpaired) electrons. The van der Waals surface area contributed by atoms with Crippen LogP contribution in [0.4, 0.5) is 14.5 Å². The van der Waals surface area contributed by atoms with Crippen molar-refractivity contribution in [1.29, 1.82) is 0 Å². The Morgan fingerprint density at radius 2 is 1.88 bits per heavy atom. The quantitative estimate of drug-likeness (QED) is 0.444. The first-order valence-electron chi connectivity index (χ1n) is 11.1. The Hall–Kier alpha value is -2.61. The first kappa shape index (κ1) is 21.2. The maximum Gasteiger partial charge on any atom is 0.278 e. The Labute approximate surface area is 190 Å². The van der Waals surface area contributed by atoms with Crippen molar-refractivity contribution in [2.45, 2.75) is 63.8 Å². The van der Waals surface area contributed by atoms with E-state index in [0.29, 0.717) is 24.0 Å². The van der Waals surface area contributed by atoms with Crippen LogP contribution >= 0.6 is 11.6 Å². The third kappa shape index (κ3) is 3.85. The van der Waals surface area contributed by atoms with Crippen molar-refractivity contribution in [3.63, 3.8) is 0 Å². The third-order valence-corrected chi connectivity index (χ3v) is 6.95. The van der Waals surface area contributed by atoms with Gasteiger partial charge in [-0.1, -0.05) is 36.0 Å². The fraction of sp³-hybridized carbons (Fsp3) is 0.478. The SMILES string of the molecule is CC(c1c(F)ccc(F)c1Cl)N1CCCc2nnc(-c3nc(C4CCCCC4)no3)cc21. The molecule has 0 saturated heterocycles. The summed E-state index contributed by atoms with van der Waals surface area (Å²) in [7, 11) is 0. The van der Waals surface area contributed by atoms with Crippen LogP contribution < -0.4 is 4.90 Å². The molecule has 1 unspecified atom stereocenters. The number of benzene rings is 1. The van der Waals surface area contributed by atoms with Gasteiger partial charge in [-0.05, 0) is 50.8 Å². The molecular weight excluding hydrogens is 436 g/mol. The van der Waals surface area contributed by atoms with Crippen molar-refractivity contribution in [2.24, 2.45) is 0 Å². The van der Waals surface area contributed by atoms with Crippen LogP contribution in [0.2, 0.25) is 5.02 Å². The Morgan fingerprint density at radius 3 is 2.69 bits per heavy atom. The van der Waals surface area contributed by atoms with Crippen molar-refractivity contribution >= 4 is 17.3 Å². The lowest BCUT2D eigenvalue weighted by Crippen LogP contribution is -2.33. The molecule has 0 N–H and O–H groups in total. The summed E-state index contributed by atoms with van der Waals surface area (Å²) < 4.78 is 34.2. The molecule has 1 aliphatic carbocycles. The molecule has 2 aromatic heterocycles. The molecule has 2 aliphatic rings. The normalized spacial score (nSPS) is 17.9. The predicted molar refractivity (Wildman–Crippen MR) is 117 cm³/mol. The number of rotatable bonds is 4. The average Bonchev–Trinajstić information content (AvgIpc) is 3.32. The number of fused-ring (bicyclic) bond motifs is 1. The minimum absolute atomic E-state index is 0.134. The molecule has 1 aliphatic heterocycles. The molecule has 0 bridgehead atoms. The number of halogens is 3. The van der Waals surface area contributed by atoms with Gasteiger partial charge < -0.3 is 9.42 Å². The molecule has 5 rings (SSSR count). The van der Waals surface area contributed by atoms with Gasteiger partial charge in [0.15, 0.2) is 11.5 Å². The number of hydrogen-bond donors (Lipinski definition) is 0. The van der Waals surface area contributed by atoms with Crippen LogP contribution in [0.3, 0.4) is 0 Å².